The minimum atomic E-state index is 0.581. The number of fused-ring (bicyclic) bond motifs is 6. The Bertz CT molecular complexity index is 3750. The molecule has 0 saturated carbocycles. The first-order valence-electron chi connectivity index (χ1n) is 23.3. The molecule has 12 aromatic rings. The Morgan fingerprint density at radius 1 is 0.338 bits per heavy atom. The van der Waals surface area contributed by atoms with Crippen molar-refractivity contribution in [3.63, 3.8) is 0 Å². The third-order valence-electron chi connectivity index (χ3n) is 13.6. The number of aromatic nitrogens is 4. The van der Waals surface area contributed by atoms with Crippen molar-refractivity contribution in [2.75, 3.05) is 0 Å². The standard InChI is InChI=1S/C63H48N4O/c1-37-29-39(3)59(40(4)30-37)47-22-25-49-50-26-23-48(60-41(5)31-38(2)32-42(60)6)35-56(50)67(55(49)34-47)54-28-24-45(46-21-27-52-51-19-13-14-20-57(51)68-58(52)36-46)33-53(54)63-65-61(43-15-9-7-10-16-43)64-62(66-63)44-17-11-8-12-18-44/h7-36H,1-6H3. The van der Waals surface area contributed by atoms with Crippen molar-refractivity contribution in [2.45, 2.75) is 41.5 Å². The lowest BCUT2D eigenvalue weighted by atomic mass is 9.92. The maximum Gasteiger partial charge on any atom is 0.166 e. The zero-order valence-corrected chi connectivity index (χ0v) is 39.0. The van der Waals surface area contributed by atoms with Gasteiger partial charge in [-0.2, -0.15) is 0 Å². The van der Waals surface area contributed by atoms with E-state index >= 15 is 0 Å². The Kier molecular flexibility index (Phi) is 9.77. The Hall–Kier alpha value is -8.41. The molecule has 0 fully saturated rings. The van der Waals surface area contributed by atoms with Crippen molar-refractivity contribution in [1.82, 2.24) is 19.5 Å². The van der Waals surface area contributed by atoms with Gasteiger partial charge < -0.3 is 8.98 Å². The molecule has 0 aliphatic heterocycles. The van der Waals surface area contributed by atoms with Gasteiger partial charge in [-0.15, -0.1) is 0 Å². The van der Waals surface area contributed by atoms with E-state index in [0.717, 1.165) is 66.5 Å². The molecule has 0 aliphatic carbocycles. The van der Waals surface area contributed by atoms with Crippen molar-refractivity contribution in [1.29, 1.82) is 0 Å². The normalized spacial score (nSPS) is 11.7. The average Bonchev–Trinajstić information content (AvgIpc) is 3.88. The fourth-order valence-corrected chi connectivity index (χ4v) is 10.8. The number of benzene rings is 9. The monoisotopic (exact) mass is 876 g/mol. The van der Waals surface area contributed by atoms with Gasteiger partial charge in [-0.25, -0.2) is 15.0 Å². The maximum atomic E-state index is 6.44. The highest BCUT2D eigenvalue weighted by Crippen LogP contribution is 2.43. The summed E-state index contributed by atoms with van der Waals surface area (Å²) in [7, 11) is 0. The molecule has 0 bridgehead atoms. The molecular formula is C63H48N4O. The number of hydrogen-bond acceptors (Lipinski definition) is 4. The second kappa shape index (κ2) is 16.2. The van der Waals surface area contributed by atoms with Crippen molar-refractivity contribution in [3.05, 3.63) is 215 Å². The van der Waals surface area contributed by atoms with Crippen LogP contribution in [0.3, 0.4) is 0 Å². The molecular weight excluding hydrogens is 829 g/mol. The van der Waals surface area contributed by atoms with E-state index in [1.54, 1.807) is 0 Å². The first-order valence-corrected chi connectivity index (χ1v) is 23.3. The van der Waals surface area contributed by atoms with E-state index in [1.165, 1.54) is 66.4 Å². The number of para-hydroxylation sites is 1. The fraction of sp³-hybridized carbons (Fsp3) is 0.0952. The molecule has 0 spiro atoms. The van der Waals surface area contributed by atoms with Crippen LogP contribution in [0.1, 0.15) is 33.4 Å². The summed E-state index contributed by atoms with van der Waals surface area (Å²) in [6.07, 6.45) is 0. The van der Waals surface area contributed by atoms with E-state index in [1.807, 2.05) is 48.5 Å². The first kappa shape index (κ1) is 41.1. The SMILES string of the molecule is Cc1cc(C)c(-c2ccc3c4ccc(-c5c(C)cc(C)cc5C)cc4n(-c4ccc(-c5ccc6c(c5)oc5ccccc56)cc4-c4nc(-c5ccccc5)nc(-c5ccccc5)n4)c3c2)c(C)c1. The van der Waals surface area contributed by atoms with Crippen LogP contribution in [0.15, 0.2) is 186 Å². The molecule has 0 radical (unpaired) electrons. The summed E-state index contributed by atoms with van der Waals surface area (Å²) >= 11 is 0. The minimum Gasteiger partial charge on any atom is -0.456 e. The molecule has 9 aromatic carbocycles. The summed E-state index contributed by atoms with van der Waals surface area (Å²) in [5.41, 5.74) is 22.1. The van der Waals surface area contributed by atoms with Gasteiger partial charge in [0.1, 0.15) is 11.2 Å². The third kappa shape index (κ3) is 6.98. The highest BCUT2D eigenvalue weighted by molar-refractivity contribution is 6.12. The summed E-state index contributed by atoms with van der Waals surface area (Å²) in [4.78, 5) is 15.9. The summed E-state index contributed by atoms with van der Waals surface area (Å²) in [6.45, 7) is 13.2. The molecule has 0 atom stereocenters. The zero-order valence-electron chi connectivity index (χ0n) is 39.0. The van der Waals surface area contributed by atoms with E-state index in [-0.39, 0.29) is 0 Å². The second-order valence-corrected chi connectivity index (χ2v) is 18.4. The number of rotatable bonds is 7. The molecule has 0 amide bonds. The second-order valence-electron chi connectivity index (χ2n) is 18.4. The predicted molar refractivity (Wildman–Crippen MR) is 282 cm³/mol. The summed E-state index contributed by atoms with van der Waals surface area (Å²) in [6, 6.07) is 65.0. The molecule has 0 N–H and O–H groups in total. The Morgan fingerprint density at radius 3 is 1.34 bits per heavy atom. The van der Waals surface area contributed by atoms with Gasteiger partial charge in [0.15, 0.2) is 17.5 Å². The van der Waals surface area contributed by atoms with Crippen LogP contribution < -0.4 is 0 Å². The van der Waals surface area contributed by atoms with E-state index < -0.39 is 0 Å². The van der Waals surface area contributed by atoms with Crippen LogP contribution in [-0.4, -0.2) is 19.5 Å². The van der Waals surface area contributed by atoms with Crippen LogP contribution in [0.5, 0.6) is 0 Å². The predicted octanol–water partition coefficient (Wildman–Crippen LogP) is 16.7. The molecule has 3 aromatic heterocycles. The highest BCUT2D eigenvalue weighted by atomic mass is 16.3. The Labute approximate surface area is 396 Å². The number of nitrogens with zero attached hydrogens (tertiary/aromatic N) is 4. The van der Waals surface area contributed by atoms with Gasteiger partial charge in [-0.1, -0.05) is 151 Å². The van der Waals surface area contributed by atoms with E-state index in [0.29, 0.717) is 17.5 Å². The summed E-state index contributed by atoms with van der Waals surface area (Å²) < 4.78 is 8.89. The van der Waals surface area contributed by atoms with Crippen molar-refractivity contribution < 1.29 is 4.42 Å². The summed E-state index contributed by atoms with van der Waals surface area (Å²) in [5, 5.41) is 4.54. The molecule has 5 nitrogen and oxygen atoms in total. The third-order valence-corrected chi connectivity index (χ3v) is 13.6. The number of hydrogen-bond donors (Lipinski definition) is 0. The zero-order chi connectivity index (χ0) is 46.2. The fourth-order valence-electron chi connectivity index (χ4n) is 10.8. The van der Waals surface area contributed by atoms with Crippen LogP contribution in [0.4, 0.5) is 0 Å². The van der Waals surface area contributed by atoms with Gasteiger partial charge in [-0.05, 0) is 140 Å². The van der Waals surface area contributed by atoms with Gasteiger partial charge >= 0.3 is 0 Å². The molecule has 326 valence electrons. The number of aryl methyl sites for hydroxylation is 6. The van der Waals surface area contributed by atoms with Crippen molar-refractivity contribution >= 4 is 43.7 Å². The quantitative estimate of drug-likeness (QED) is 0.160. The average molecular weight is 877 g/mol. The maximum absolute atomic E-state index is 6.44. The van der Waals surface area contributed by atoms with Gasteiger partial charge in [-0.3, -0.25) is 0 Å². The molecule has 3 heterocycles. The van der Waals surface area contributed by atoms with E-state index in [2.05, 4.69) is 180 Å². The van der Waals surface area contributed by atoms with Crippen molar-refractivity contribution in [2.24, 2.45) is 0 Å². The largest absolute Gasteiger partial charge is 0.456 e. The Morgan fingerprint density at radius 2 is 0.779 bits per heavy atom. The smallest absolute Gasteiger partial charge is 0.166 e. The molecule has 68 heavy (non-hydrogen) atoms. The lowest BCUT2D eigenvalue weighted by Gasteiger charge is -2.18. The van der Waals surface area contributed by atoms with Crippen LogP contribution in [0.25, 0.3) is 117 Å². The molecule has 12 rings (SSSR count). The van der Waals surface area contributed by atoms with Crippen LogP contribution >= 0.6 is 0 Å². The molecule has 5 heteroatoms. The topological polar surface area (TPSA) is 56.7 Å². The first-order chi connectivity index (χ1) is 33.1. The van der Waals surface area contributed by atoms with Gasteiger partial charge in [0.2, 0.25) is 0 Å². The Balaban J connectivity index is 1.18. The van der Waals surface area contributed by atoms with Crippen LogP contribution in [0, 0.1) is 41.5 Å². The molecule has 0 saturated heterocycles. The van der Waals surface area contributed by atoms with E-state index in [9.17, 15) is 0 Å². The highest BCUT2D eigenvalue weighted by Gasteiger charge is 2.23. The van der Waals surface area contributed by atoms with Gasteiger partial charge in [0.25, 0.3) is 0 Å². The van der Waals surface area contributed by atoms with E-state index in [4.69, 9.17) is 19.4 Å². The van der Waals surface area contributed by atoms with Crippen LogP contribution in [-0.2, 0) is 0 Å². The van der Waals surface area contributed by atoms with Gasteiger partial charge in [0.05, 0.1) is 16.7 Å². The minimum absolute atomic E-state index is 0.581. The molecule has 0 aliphatic rings. The van der Waals surface area contributed by atoms with Crippen molar-refractivity contribution in [3.8, 4) is 73.2 Å². The van der Waals surface area contributed by atoms with Gasteiger partial charge in [0, 0.05) is 38.2 Å². The van der Waals surface area contributed by atoms with Crippen LogP contribution in [0.2, 0.25) is 0 Å². The molecule has 0 unspecified atom stereocenters. The lowest BCUT2D eigenvalue weighted by molar-refractivity contribution is 0.669. The number of furan rings is 1. The lowest BCUT2D eigenvalue weighted by Crippen LogP contribution is -2.04. The summed E-state index contributed by atoms with van der Waals surface area (Å²) in [5.74, 6) is 1.80.